The molecule has 0 aromatic heterocycles. The first-order valence-electron chi connectivity index (χ1n) is 5.43. The van der Waals surface area contributed by atoms with Crippen molar-refractivity contribution in [3.05, 3.63) is 28.2 Å². The van der Waals surface area contributed by atoms with E-state index in [0.717, 1.165) is 33.5 Å². The van der Waals surface area contributed by atoms with Crippen molar-refractivity contribution in [2.75, 3.05) is 5.75 Å². The van der Waals surface area contributed by atoms with Gasteiger partial charge in [-0.15, -0.1) is 11.8 Å². The maximum Gasteiger partial charge on any atom is 0.0542 e. The lowest BCUT2D eigenvalue weighted by atomic mass is 10.2. The molecule has 0 saturated carbocycles. The molecule has 0 aliphatic heterocycles. The number of hydrogen-bond acceptors (Lipinski definition) is 2. The average Bonchev–Trinajstić information content (AvgIpc) is 2.22. The lowest BCUT2D eigenvalue weighted by Gasteiger charge is -2.06. The summed E-state index contributed by atoms with van der Waals surface area (Å²) in [4.78, 5) is 1.06. The molecule has 2 N–H and O–H groups in total. The van der Waals surface area contributed by atoms with Gasteiger partial charge in [-0.2, -0.15) is 0 Å². The lowest BCUT2D eigenvalue weighted by Crippen LogP contribution is -2.13. The molecule has 0 aliphatic rings. The van der Waals surface area contributed by atoms with E-state index in [0.29, 0.717) is 6.04 Å². The molecule has 1 unspecified atom stereocenters. The molecule has 1 rings (SSSR count). The van der Waals surface area contributed by atoms with Crippen molar-refractivity contribution < 1.29 is 0 Å². The lowest BCUT2D eigenvalue weighted by molar-refractivity contribution is 0.618. The van der Waals surface area contributed by atoms with Crippen molar-refractivity contribution in [3.63, 3.8) is 0 Å². The zero-order valence-corrected chi connectivity index (χ0v) is 11.7. The number of rotatable bonds is 6. The normalized spacial score (nSPS) is 12.8. The highest BCUT2D eigenvalue weighted by Crippen LogP contribution is 2.30. The summed E-state index contributed by atoms with van der Waals surface area (Å²) in [6, 6.07) is 5.87. The van der Waals surface area contributed by atoms with Crippen LogP contribution in [-0.2, 0) is 0 Å². The van der Waals surface area contributed by atoms with E-state index in [1.165, 1.54) is 6.42 Å². The van der Waals surface area contributed by atoms with Crippen LogP contribution in [-0.4, -0.2) is 11.8 Å². The van der Waals surface area contributed by atoms with Gasteiger partial charge in [-0.3, -0.25) is 0 Å². The third-order valence-corrected chi connectivity index (χ3v) is 4.02. The van der Waals surface area contributed by atoms with Crippen LogP contribution in [0.2, 0.25) is 10.0 Å². The molecule has 0 spiro atoms. The molecule has 0 radical (unpaired) electrons. The van der Waals surface area contributed by atoms with Crippen molar-refractivity contribution in [1.29, 1.82) is 0 Å². The van der Waals surface area contributed by atoms with E-state index in [9.17, 15) is 0 Å². The number of benzene rings is 1. The molecule has 0 heterocycles. The minimum absolute atomic E-state index is 0.305. The van der Waals surface area contributed by atoms with Gasteiger partial charge >= 0.3 is 0 Å². The number of halogens is 2. The Hall–Kier alpha value is 0.110. The van der Waals surface area contributed by atoms with E-state index in [2.05, 4.69) is 0 Å². The summed E-state index contributed by atoms with van der Waals surface area (Å²) >= 11 is 13.7. The molecular weight excluding hydrogens is 261 g/mol. The summed E-state index contributed by atoms with van der Waals surface area (Å²) in [5.41, 5.74) is 5.68. The van der Waals surface area contributed by atoms with Gasteiger partial charge in [-0.25, -0.2) is 0 Å². The molecule has 0 bridgehead atoms. The van der Waals surface area contributed by atoms with Gasteiger partial charge in [-0.05, 0) is 43.7 Å². The number of nitrogens with two attached hydrogens (primary N) is 1. The van der Waals surface area contributed by atoms with Gasteiger partial charge in [0.25, 0.3) is 0 Å². The maximum absolute atomic E-state index is 6.06. The second kappa shape index (κ2) is 7.44. The van der Waals surface area contributed by atoms with Gasteiger partial charge in [0.2, 0.25) is 0 Å². The van der Waals surface area contributed by atoms with E-state index < -0.39 is 0 Å². The Morgan fingerprint density at radius 1 is 1.31 bits per heavy atom. The van der Waals surface area contributed by atoms with Gasteiger partial charge < -0.3 is 5.73 Å². The Balaban J connectivity index is 2.29. The van der Waals surface area contributed by atoms with E-state index >= 15 is 0 Å². The van der Waals surface area contributed by atoms with Crippen LogP contribution in [0, 0.1) is 0 Å². The van der Waals surface area contributed by atoms with Crippen LogP contribution in [0.4, 0.5) is 0 Å². The quantitative estimate of drug-likeness (QED) is 0.607. The van der Waals surface area contributed by atoms with Crippen LogP contribution in [0.15, 0.2) is 23.1 Å². The highest BCUT2D eigenvalue weighted by atomic mass is 35.5. The van der Waals surface area contributed by atoms with E-state index in [1.807, 2.05) is 25.1 Å². The minimum Gasteiger partial charge on any atom is -0.328 e. The number of hydrogen-bond donors (Lipinski definition) is 1. The van der Waals surface area contributed by atoms with Crippen molar-refractivity contribution in [2.24, 2.45) is 5.73 Å². The van der Waals surface area contributed by atoms with Gasteiger partial charge in [0.1, 0.15) is 0 Å². The summed E-state index contributed by atoms with van der Waals surface area (Å²) in [7, 11) is 0. The molecule has 0 saturated heterocycles. The van der Waals surface area contributed by atoms with Crippen LogP contribution >= 0.6 is 35.0 Å². The van der Waals surface area contributed by atoms with E-state index in [-0.39, 0.29) is 0 Å². The Kier molecular flexibility index (Phi) is 6.59. The van der Waals surface area contributed by atoms with Crippen LogP contribution in [0.5, 0.6) is 0 Å². The van der Waals surface area contributed by atoms with Crippen molar-refractivity contribution in [3.8, 4) is 0 Å². The second-order valence-corrected chi connectivity index (χ2v) is 5.88. The summed E-state index contributed by atoms with van der Waals surface area (Å²) in [6.07, 6.45) is 3.42. The highest BCUT2D eigenvalue weighted by molar-refractivity contribution is 7.99. The summed E-state index contributed by atoms with van der Waals surface area (Å²) in [5.74, 6) is 1.06. The third kappa shape index (κ3) is 5.44. The second-order valence-electron chi connectivity index (χ2n) is 3.90. The molecule has 4 heteroatoms. The first kappa shape index (κ1) is 14.2. The van der Waals surface area contributed by atoms with Gasteiger partial charge in [0.05, 0.1) is 5.02 Å². The SMILES string of the molecule is CC(N)CCCCSc1cc(Cl)ccc1Cl. The molecule has 90 valence electrons. The highest BCUT2D eigenvalue weighted by Gasteiger charge is 2.02. The molecule has 0 fully saturated rings. The van der Waals surface area contributed by atoms with Gasteiger partial charge in [0.15, 0.2) is 0 Å². The molecule has 1 nitrogen and oxygen atoms in total. The molecule has 0 amide bonds. The Morgan fingerprint density at radius 3 is 2.75 bits per heavy atom. The summed E-state index contributed by atoms with van der Waals surface area (Å²) in [5, 5.41) is 1.52. The predicted molar refractivity (Wildman–Crippen MR) is 74.7 cm³/mol. The van der Waals surface area contributed by atoms with Crippen molar-refractivity contribution in [2.45, 2.75) is 37.1 Å². The molecule has 1 aromatic rings. The first-order valence-corrected chi connectivity index (χ1v) is 7.17. The van der Waals surface area contributed by atoms with Crippen molar-refractivity contribution in [1.82, 2.24) is 0 Å². The third-order valence-electron chi connectivity index (χ3n) is 2.20. The molecular formula is C12H17Cl2NS. The maximum atomic E-state index is 6.06. The standard InChI is InChI=1S/C12H17Cl2NS/c1-9(15)4-2-3-7-16-12-8-10(13)5-6-11(12)14/h5-6,8-9H,2-4,7,15H2,1H3. The van der Waals surface area contributed by atoms with Crippen LogP contribution in [0.1, 0.15) is 26.2 Å². The fraction of sp³-hybridized carbons (Fsp3) is 0.500. The van der Waals surface area contributed by atoms with Crippen LogP contribution in [0.25, 0.3) is 0 Å². The van der Waals surface area contributed by atoms with Gasteiger partial charge in [-0.1, -0.05) is 29.6 Å². The Labute approximate surface area is 112 Å². The Morgan fingerprint density at radius 2 is 2.06 bits per heavy atom. The number of thioether (sulfide) groups is 1. The summed E-state index contributed by atoms with van der Waals surface area (Å²) < 4.78 is 0. The average molecular weight is 278 g/mol. The zero-order valence-electron chi connectivity index (χ0n) is 9.38. The fourth-order valence-corrected chi connectivity index (χ4v) is 2.84. The number of unbranched alkanes of at least 4 members (excludes halogenated alkanes) is 1. The molecule has 16 heavy (non-hydrogen) atoms. The first-order chi connectivity index (χ1) is 7.59. The van der Waals surface area contributed by atoms with Crippen molar-refractivity contribution >= 4 is 35.0 Å². The van der Waals surface area contributed by atoms with Crippen LogP contribution < -0.4 is 5.73 Å². The molecule has 1 atom stereocenters. The monoisotopic (exact) mass is 277 g/mol. The zero-order chi connectivity index (χ0) is 12.0. The summed E-state index contributed by atoms with van der Waals surface area (Å²) in [6.45, 7) is 2.04. The topological polar surface area (TPSA) is 26.0 Å². The smallest absolute Gasteiger partial charge is 0.0542 e. The Bertz CT molecular complexity index is 329. The van der Waals surface area contributed by atoms with E-state index in [4.69, 9.17) is 28.9 Å². The molecule has 0 aliphatic carbocycles. The van der Waals surface area contributed by atoms with Crippen LogP contribution in [0.3, 0.4) is 0 Å². The molecule has 1 aromatic carbocycles. The minimum atomic E-state index is 0.305. The predicted octanol–water partition coefficient (Wildman–Crippen LogP) is 4.60. The van der Waals surface area contributed by atoms with E-state index in [1.54, 1.807) is 11.8 Å². The fourth-order valence-electron chi connectivity index (χ4n) is 1.34. The largest absolute Gasteiger partial charge is 0.328 e. The van der Waals surface area contributed by atoms with Gasteiger partial charge in [0, 0.05) is 16.0 Å².